The van der Waals surface area contributed by atoms with Gasteiger partial charge < -0.3 is 16.0 Å². The minimum atomic E-state index is -0.340. The molecule has 0 atom stereocenters. The molecule has 132 valence electrons. The van der Waals surface area contributed by atoms with Gasteiger partial charge in [-0.1, -0.05) is 30.7 Å². The molecule has 1 aromatic carbocycles. The second kappa shape index (κ2) is 7.41. The molecule has 1 fully saturated rings. The van der Waals surface area contributed by atoms with Crippen LogP contribution in [0.15, 0.2) is 29.1 Å². The Kier molecular flexibility index (Phi) is 5.24. The van der Waals surface area contributed by atoms with Crippen LogP contribution in [0.3, 0.4) is 0 Å². The van der Waals surface area contributed by atoms with Gasteiger partial charge in [0.05, 0.1) is 0 Å². The third-order valence-corrected chi connectivity index (χ3v) is 4.91. The summed E-state index contributed by atoms with van der Waals surface area (Å²) in [5.41, 5.74) is 6.59. The summed E-state index contributed by atoms with van der Waals surface area (Å²) in [6.45, 7) is 3.94. The molecule has 1 saturated heterocycles. The third kappa shape index (κ3) is 4.11. The van der Waals surface area contributed by atoms with E-state index in [1.165, 1.54) is 0 Å². The van der Waals surface area contributed by atoms with Crippen molar-refractivity contribution in [1.29, 1.82) is 0 Å². The Balaban J connectivity index is 1.81. The van der Waals surface area contributed by atoms with Crippen LogP contribution in [-0.2, 0) is 0 Å². The van der Waals surface area contributed by atoms with Crippen LogP contribution in [0.1, 0.15) is 25.3 Å². The molecule has 1 aromatic heterocycles. The summed E-state index contributed by atoms with van der Waals surface area (Å²) in [4.78, 5) is 22.0. The fraction of sp³-hybridized carbons (Fsp3) is 0.353. The number of hydrogen-bond donors (Lipinski definition) is 3. The number of nitrogens with one attached hydrogen (secondary N) is 2. The summed E-state index contributed by atoms with van der Waals surface area (Å²) >= 11 is 11.2. The summed E-state index contributed by atoms with van der Waals surface area (Å²) in [6.07, 6.45) is 2.14. The lowest BCUT2D eigenvalue weighted by atomic mass is 10.00. The van der Waals surface area contributed by atoms with Gasteiger partial charge in [0.15, 0.2) is 0 Å². The number of H-pyrrole nitrogens is 1. The third-order valence-electron chi connectivity index (χ3n) is 4.35. The second-order valence-corrected chi connectivity index (χ2v) is 7.13. The average Bonchev–Trinajstić information content (AvgIpc) is 2.57. The van der Waals surface area contributed by atoms with Crippen LogP contribution in [0, 0.1) is 5.92 Å². The number of piperidine rings is 1. The predicted molar refractivity (Wildman–Crippen MR) is 107 cm³/mol. The van der Waals surface area contributed by atoms with Crippen LogP contribution in [0.25, 0.3) is 0 Å². The molecule has 6 nitrogen and oxygen atoms in total. The molecule has 8 heteroatoms. The highest BCUT2D eigenvalue weighted by atomic mass is 35.5. The van der Waals surface area contributed by atoms with Crippen molar-refractivity contribution in [2.45, 2.75) is 19.8 Å². The van der Waals surface area contributed by atoms with E-state index in [1.54, 1.807) is 24.3 Å². The van der Waals surface area contributed by atoms with E-state index in [0.717, 1.165) is 31.6 Å². The Morgan fingerprint density at radius 2 is 2.00 bits per heavy atom. The Morgan fingerprint density at radius 1 is 1.36 bits per heavy atom. The number of aromatic amines is 1. The lowest BCUT2D eigenvalue weighted by Crippen LogP contribution is -2.36. The summed E-state index contributed by atoms with van der Waals surface area (Å²) in [5, 5.41) is 3.61. The monoisotopic (exact) mass is 377 g/mol. The van der Waals surface area contributed by atoms with E-state index in [1.807, 2.05) is 0 Å². The molecular formula is C17H20ClN5OS. The topological polar surface area (TPSA) is 87.0 Å². The fourth-order valence-corrected chi connectivity index (χ4v) is 3.24. The molecule has 2 heterocycles. The first-order chi connectivity index (χ1) is 11.9. The predicted octanol–water partition coefficient (Wildman–Crippen LogP) is 3.03. The normalized spacial score (nSPS) is 15.2. The molecule has 0 aliphatic carbocycles. The SMILES string of the molecule is CC1CCN(c2nc(N)c(C(=S)Nc3ccc(Cl)cc3)c(=O)[nH]2)CC1. The molecule has 0 amide bonds. The zero-order chi connectivity index (χ0) is 18.0. The highest BCUT2D eigenvalue weighted by Gasteiger charge is 2.20. The van der Waals surface area contributed by atoms with Gasteiger partial charge in [0.25, 0.3) is 5.56 Å². The van der Waals surface area contributed by atoms with Gasteiger partial charge in [-0.2, -0.15) is 4.98 Å². The second-order valence-electron chi connectivity index (χ2n) is 6.28. The molecule has 0 radical (unpaired) electrons. The van der Waals surface area contributed by atoms with Gasteiger partial charge >= 0.3 is 0 Å². The number of aromatic nitrogens is 2. The van der Waals surface area contributed by atoms with Crippen molar-refractivity contribution in [3.63, 3.8) is 0 Å². The first kappa shape index (κ1) is 17.7. The number of benzene rings is 1. The van der Waals surface area contributed by atoms with Crippen LogP contribution < -0.4 is 21.5 Å². The summed E-state index contributed by atoms with van der Waals surface area (Å²) in [7, 11) is 0. The van der Waals surface area contributed by atoms with E-state index in [4.69, 9.17) is 29.6 Å². The van der Waals surface area contributed by atoms with Crippen LogP contribution >= 0.6 is 23.8 Å². The molecule has 0 spiro atoms. The van der Waals surface area contributed by atoms with Crippen molar-refractivity contribution in [2.75, 3.05) is 29.0 Å². The van der Waals surface area contributed by atoms with Crippen molar-refractivity contribution >= 4 is 46.3 Å². The molecule has 2 aromatic rings. The first-order valence-corrected chi connectivity index (χ1v) is 8.94. The van der Waals surface area contributed by atoms with Gasteiger partial charge in [0, 0.05) is 23.8 Å². The molecule has 1 aliphatic rings. The van der Waals surface area contributed by atoms with E-state index < -0.39 is 0 Å². The zero-order valence-corrected chi connectivity index (χ0v) is 15.5. The maximum atomic E-state index is 12.5. The van der Waals surface area contributed by atoms with E-state index in [2.05, 4.69) is 27.1 Å². The van der Waals surface area contributed by atoms with Crippen molar-refractivity contribution in [1.82, 2.24) is 9.97 Å². The smallest absolute Gasteiger partial charge is 0.264 e. The Morgan fingerprint density at radius 3 is 2.60 bits per heavy atom. The number of nitrogen functional groups attached to an aromatic ring is 1. The van der Waals surface area contributed by atoms with Crippen LogP contribution in [0.4, 0.5) is 17.5 Å². The highest BCUT2D eigenvalue weighted by molar-refractivity contribution is 7.81. The Hall–Kier alpha value is -2.12. The Labute approximate surface area is 156 Å². The molecule has 4 N–H and O–H groups in total. The maximum absolute atomic E-state index is 12.5. The molecule has 0 unspecified atom stereocenters. The molecule has 0 bridgehead atoms. The van der Waals surface area contributed by atoms with E-state index in [-0.39, 0.29) is 21.9 Å². The van der Waals surface area contributed by atoms with E-state index >= 15 is 0 Å². The molecule has 25 heavy (non-hydrogen) atoms. The van der Waals surface area contributed by atoms with Gasteiger partial charge in [-0.25, -0.2) is 0 Å². The number of rotatable bonds is 3. The zero-order valence-electron chi connectivity index (χ0n) is 13.9. The van der Waals surface area contributed by atoms with Crippen molar-refractivity contribution in [3.05, 3.63) is 45.2 Å². The molecule has 0 saturated carbocycles. The number of halogens is 1. The lowest BCUT2D eigenvalue weighted by Gasteiger charge is -2.30. The van der Waals surface area contributed by atoms with Crippen molar-refractivity contribution in [2.24, 2.45) is 5.92 Å². The van der Waals surface area contributed by atoms with Crippen molar-refractivity contribution < 1.29 is 0 Å². The van der Waals surface area contributed by atoms with Crippen LogP contribution in [-0.4, -0.2) is 28.0 Å². The Bertz CT molecular complexity index is 828. The quantitative estimate of drug-likeness (QED) is 0.713. The fourth-order valence-electron chi connectivity index (χ4n) is 2.79. The minimum absolute atomic E-state index is 0.129. The maximum Gasteiger partial charge on any atom is 0.264 e. The van der Waals surface area contributed by atoms with E-state index in [0.29, 0.717) is 16.9 Å². The highest BCUT2D eigenvalue weighted by Crippen LogP contribution is 2.21. The minimum Gasteiger partial charge on any atom is -0.383 e. The lowest BCUT2D eigenvalue weighted by molar-refractivity contribution is 0.434. The largest absolute Gasteiger partial charge is 0.383 e. The molecular weight excluding hydrogens is 358 g/mol. The van der Waals surface area contributed by atoms with Crippen LogP contribution in [0.5, 0.6) is 0 Å². The van der Waals surface area contributed by atoms with Gasteiger partial charge in [0.1, 0.15) is 16.4 Å². The van der Waals surface area contributed by atoms with Crippen LogP contribution in [0.2, 0.25) is 5.02 Å². The van der Waals surface area contributed by atoms with Gasteiger partial charge in [-0.15, -0.1) is 0 Å². The van der Waals surface area contributed by atoms with Gasteiger partial charge in [-0.05, 0) is 43.0 Å². The standard InChI is InChI=1S/C17H20ClN5OS/c1-10-6-8-23(9-7-10)17-21-14(19)13(15(24)22-17)16(25)20-12-4-2-11(18)3-5-12/h2-5,10H,6-9H2,1H3,(H,20,25)(H3,19,21,22,24). The summed E-state index contributed by atoms with van der Waals surface area (Å²) in [6, 6.07) is 7.02. The van der Waals surface area contributed by atoms with Gasteiger partial charge in [0.2, 0.25) is 5.95 Å². The number of anilines is 3. The summed E-state index contributed by atoms with van der Waals surface area (Å²) in [5.74, 6) is 1.33. The van der Waals surface area contributed by atoms with Gasteiger partial charge in [-0.3, -0.25) is 9.78 Å². The average molecular weight is 378 g/mol. The number of hydrogen-bond acceptors (Lipinski definition) is 5. The molecule has 1 aliphatic heterocycles. The molecule has 3 rings (SSSR count). The number of nitrogens with two attached hydrogens (primary N) is 1. The van der Waals surface area contributed by atoms with E-state index in [9.17, 15) is 4.79 Å². The number of thiocarbonyl (C=S) groups is 1. The first-order valence-electron chi connectivity index (χ1n) is 8.15. The van der Waals surface area contributed by atoms with Crippen molar-refractivity contribution in [3.8, 4) is 0 Å². The summed E-state index contributed by atoms with van der Waals surface area (Å²) < 4.78 is 0. The number of nitrogens with zero attached hydrogens (tertiary/aromatic N) is 2.